The molecule has 0 fully saturated rings. The standard InChI is InChI=1S/C19H21NO4/c1-4-20(15-10-6-5-7-11-15)18(22)14(3)24-19(23)16-12-8-9-13(2)17(16)21/h5-12,14,21H,4H2,1-3H3/t14-/m0/s1. The van der Waals surface area contributed by atoms with Gasteiger partial charge in [0.15, 0.2) is 6.10 Å². The number of aryl methyl sites for hydroxylation is 1. The van der Waals surface area contributed by atoms with E-state index in [1.54, 1.807) is 24.0 Å². The SMILES string of the molecule is CCN(C(=O)[C@H](C)OC(=O)c1cccc(C)c1O)c1ccccc1. The van der Waals surface area contributed by atoms with Crippen LogP contribution in [0.2, 0.25) is 0 Å². The molecule has 2 aromatic carbocycles. The summed E-state index contributed by atoms with van der Waals surface area (Å²) in [5.41, 5.74) is 1.37. The zero-order valence-corrected chi connectivity index (χ0v) is 14.0. The van der Waals surface area contributed by atoms with Crippen LogP contribution in [-0.2, 0) is 9.53 Å². The minimum atomic E-state index is -0.961. The number of nitrogens with zero attached hydrogens (tertiary/aromatic N) is 1. The average molecular weight is 327 g/mol. The first-order chi connectivity index (χ1) is 11.5. The number of phenolic OH excluding ortho intramolecular Hbond substituents is 1. The Bertz CT molecular complexity index is 727. The number of benzene rings is 2. The molecule has 0 aliphatic carbocycles. The van der Waals surface area contributed by atoms with Crippen molar-refractivity contribution in [1.29, 1.82) is 0 Å². The first-order valence-corrected chi connectivity index (χ1v) is 7.81. The normalized spacial score (nSPS) is 11.6. The van der Waals surface area contributed by atoms with E-state index in [0.717, 1.165) is 5.69 Å². The maximum atomic E-state index is 12.6. The number of rotatable bonds is 5. The molecule has 1 amide bonds. The van der Waals surface area contributed by atoms with Crippen molar-refractivity contribution in [2.75, 3.05) is 11.4 Å². The molecule has 0 heterocycles. The maximum Gasteiger partial charge on any atom is 0.342 e. The van der Waals surface area contributed by atoms with Gasteiger partial charge < -0.3 is 14.7 Å². The van der Waals surface area contributed by atoms with Crippen molar-refractivity contribution in [3.8, 4) is 5.75 Å². The first-order valence-electron chi connectivity index (χ1n) is 7.81. The van der Waals surface area contributed by atoms with E-state index in [4.69, 9.17) is 4.74 Å². The molecule has 0 saturated carbocycles. The van der Waals surface area contributed by atoms with Gasteiger partial charge in [0, 0.05) is 12.2 Å². The monoisotopic (exact) mass is 327 g/mol. The van der Waals surface area contributed by atoms with E-state index in [-0.39, 0.29) is 17.2 Å². The van der Waals surface area contributed by atoms with Gasteiger partial charge in [-0.25, -0.2) is 4.79 Å². The molecule has 1 N–H and O–H groups in total. The second-order valence-corrected chi connectivity index (χ2v) is 5.44. The molecule has 2 aromatic rings. The number of aromatic hydroxyl groups is 1. The van der Waals surface area contributed by atoms with Gasteiger partial charge in [0.2, 0.25) is 0 Å². The molecule has 5 nitrogen and oxygen atoms in total. The Morgan fingerprint density at radius 2 is 1.79 bits per heavy atom. The quantitative estimate of drug-likeness (QED) is 0.856. The molecule has 2 rings (SSSR count). The fourth-order valence-corrected chi connectivity index (χ4v) is 2.39. The Morgan fingerprint density at radius 1 is 1.12 bits per heavy atom. The molecule has 0 radical (unpaired) electrons. The lowest BCUT2D eigenvalue weighted by Crippen LogP contribution is -2.40. The zero-order chi connectivity index (χ0) is 17.7. The smallest absolute Gasteiger partial charge is 0.342 e. The van der Waals surface area contributed by atoms with Crippen LogP contribution in [0.5, 0.6) is 5.75 Å². The van der Waals surface area contributed by atoms with Crippen LogP contribution in [0, 0.1) is 6.92 Å². The summed E-state index contributed by atoms with van der Waals surface area (Å²) in [5.74, 6) is -1.16. The number of carbonyl (C=O) groups is 2. The maximum absolute atomic E-state index is 12.6. The van der Waals surface area contributed by atoms with Crippen LogP contribution in [0.4, 0.5) is 5.69 Å². The molecular formula is C19H21NO4. The largest absolute Gasteiger partial charge is 0.507 e. The number of carbonyl (C=O) groups excluding carboxylic acids is 2. The zero-order valence-electron chi connectivity index (χ0n) is 14.0. The molecule has 24 heavy (non-hydrogen) atoms. The van der Waals surface area contributed by atoms with Crippen molar-refractivity contribution in [3.05, 3.63) is 59.7 Å². The highest BCUT2D eigenvalue weighted by Crippen LogP contribution is 2.23. The highest BCUT2D eigenvalue weighted by molar-refractivity contribution is 5.99. The van der Waals surface area contributed by atoms with Crippen LogP contribution >= 0.6 is 0 Å². The van der Waals surface area contributed by atoms with Gasteiger partial charge in [0.25, 0.3) is 5.91 Å². The predicted octanol–water partition coefficient (Wildman–Crippen LogP) is 3.30. The van der Waals surface area contributed by atoms with E-state index in [9.17, 15) is 14.7 Å². The topological polar surface area (TPSA) is 66.8 Å². The molecular weight excluding hydrogens is 306 g/mol. The molecule has 5 heteroatoms. The first kappa shape index (κ1) is 17.5. The summed E-state index contributed by atoms with van der Waals surface area (Å²) in [6.45, 7) is 5.53. The fraction of sp³-hybridized carbons (Fsp3) is 0.263. The Hall–Kier alpha value is -2.82. The number of anilines is 1. The number of likely N-dealkylation sites (N-methyl/N-ethyl adjacent to an activating group) is 1. The molecule has 0 saturated heterocycles. The summed E-state index contributed by atoms with van der Waals surface area (Å²) in [6.07, 6.45) is -0.961. The minimum Gasteiger partial charge on any atom is -0.507 e. The highest BCUT2D eigenvalue weighted by atomic mass is 16.5. The van der Waals surface area contributed by atoms with Crippen molar-refractivity contribution in [1.82, 2.24) is 0 Å². The molecule has 1 atom stereocenters. The van der Waals surface area contributed by atoms with Gasteiger partial charge in [-0.15, -0.1) is 0 Å². The summed E-state index contributed by atoms with van der Waals surface area (Å²) in [7, 11) is 0. The van der Waals surface area contributed by atoms with Crippen LogP contribution in [-0.4, -0.2) is 29.6 Å². The number of esters is 1. The molecule has 0 spiro atoms. The Labute approximate surface area is 141 Å². The Morgan fingerprint density at radius 3 is 2.42 bits per heavy atom. The number of ether oxygens (including phenoxy) is 1. The highest BCUT2D eigenvalue weighted by Gasteiger charge is 2.25. The second kappa shape index (κ2) is 7.64. The van der Waals surface area contributed by atoms with Crippen molar-refractivity contribution < 1.29 is 19.4 Å². The van der Waals surface area contributed by atoms with E-state index in [1.807, 2.05) is 37.3 Å². The van der Waals surface area contributed by atoms with Crippen LogP contribution in [0.3, 0.4) is 0 Å². The van der Waals surface area contributed by atoms with Crippen molar-refractivity contribution in [2.24, 2.45) is 0 Å². The summed E-state index contributed by atoms with van der Waals surface area (Å²) in [5, 5.41) is 9.96. The lowest BCUT2D eigenvalue weighted by Gasteiger charge is -2.24. The van der Waals surface area contributed by atoms with Crippen LogP contribution in [0.15, 0.2) is 48.5 Å². The minimum absolute atomic E-state index is 0.0532. The molecule has 126 valence electrons. The van der Waals surface area contributed by atoms with E-state index in [1.165, 1.54) is 13.0 Å². The molecule has 0 bridgehead atoms. The third-order valence-corrected chi connectivity index (χ3v) is 3.74. The Balaban J connectivity index is 2.13. The number of amides is 1. The molecule has 0 aliphatic heterocycles. The van der Waals surface area contributed by atoms with E-state index in [2.05, 4.69) is 0 Å². The summed E-state index contributed by atoms with van der Waals surface area (Å²) < 4.78 is 5.25. The predicted molar refractivity (Wildman–Crippen MR) is 92.2 cm³/mol. The van der Waals surface area contributed by atoms with E-state index < -0.39 is 12.1 Å². The number of para-hydroxylation sites is 2. The Kier molecular flexibility index (Phi) is 5.58. The third kappa shape index (κ3) is 3.74. The van der Waals surface area contributed by atoms with Crippen molar-refractivity contribution >= 4 is 17.6 Å². The number of hydrogen-bond donors (Lipinski definition) is 1. The molecule has 0 unspecified atom stereocenters. The van der Waals surface area contributed by atoms with Crippen molar-refractivity contribution in [2.45, 2.75) is 26.9 Å². The second-order valence-electron chi connectivity index (χ2n) is 5.44. The molecule has 0 aromatic heterocycles. The van der Waals surface area contributed by atoms with Gasteiger partial charge >= 0.3 is 5.97 Å². The summed E-state index contributed by atoms with van der Waals surface area (Å²) in [4.78, 5) is 26.4. The van der Waals surface area contributed by atoms with Crippen LogP contribution in [0.1, 0.15) is 29.8 Å². The summed E-state index contributed by atoms with van der Waals surface area (Å²) >= 11 is 0. The average Bonchev–Trinajstić information content (AvgIpc) is 2.58. The van der Waals surface area contributed by atoms with Gasteiger partial charge in [0.1, 0.15) is 11.3 Å². The lowest BCUT2D eigenvalue weighted by molar-refractivity contribution is -0.126. The molecule has 0 aliphatic rings. The van der Waals surface area contributed by atoms with Gasteiger partial charge in [0.05, 0.1) is 0 Å². The van der Waals surface area contributed by atoms with Gasteiger partial charge in [-0.2, -0.15) is 0 Å². The van der Waals surface area contributed by atoms with Crippen LogP contribution < -0.4 is 4.90 Å². The summed E-state index contributed by atoms with van der Waals surface area (Å²) in [6, 6.07) is 14.0. The van der Waals surface area contributed by atoms with E-state index >= 15 is 0 Å². The van der Waals surface area contributed by atoms with Gasteiger partial charge in [-0.1, -0.05) is 30.3 Å². The number of hydrogen-bond acceptors (Lipinski definition) is 4. The number of phenols is 1. The van der Waals surface area contributed by atoms with Gasteiger partial charge in [-0.3, -0.25) is 4.79 Å². The van der Waals surface area contributed by atoms with Crippen LogP contribution in [0.25, 0.3) is 0 Å². The van der Waals surface area contributed by atoms with Gasteiger partial charge in [-0.05, 0) is 44.5 Å². The third-order valence-electron chi connectivity index (χ3n) is 3.74. The van der Waals surface area contributed by atoms with E-state index in [0.29, 0.717) is 12.1 Å². The lowest BCUT2D eigenvalue weighted by atomic mass is 10.1. The fourth-order valence-electron chi connectivity index (χ4n) is 2.39. The van der Waals surface area contributed by atoms with Crippen molar-refractivity contribution in [3.63, 3.8) is 0 Å².